The lowest BCUT2D eigenvalue weighted by molar-refractivity contribution is -0.146. The molecule has 0 radical (unpaired) electrons. The molecule has 0 bridgehead atoms. The van der Waals surface area contributed by atoms with Crippen LogP contribution in [0.5, 0.6) is 5.75 Å². The van der Waals surface area contributed by atoms with Crippen LogP contribution in [0.25, 0.3) is 5.69 Å². The maximum Gasteiger partial charge on any atom is 0.453 e. The minimum atomic E-state index is -4.66. The largest absolute Gasteiger partial charge is 0.491 e. The van der Waals surface area contributed by atoms with Crippen LogP contribution in [0, 0.1) is 0 Å². The van der Waals surface area contributed by atoms with Crippen molar-refractivity contribution < 1.29 is 17.9 Å². The van der Waals surface area contributed by atoms with Crippen LogP contribution in [0.3, 0.4) is 0 Å². The van der Waals surface area contributed by atoms with Gasteiger partial charge in [0.15, 0.2) is 0 Å². The predicted octanol–water partition coefficient (Wildman–Crippen LogP) is 4.05. The van der Waals surface area contributed by atoms with Crippen LogP contribution in [0.15, 0.2) is 48.5 Å². The molecule has 1 aliphatic rings. The molecular weight excluding hydrogens is 433 g/mol. The molecule has 1 saturated heterocycles. The van der Waals surface area contributed by atoms with Gasteiger partial charge in [0.25, 0.3) is 5.82 Å². The molecular formula is C23H27F3N6O. The third-order valence-corrected chi connectivity index (χ3v) is 5.55. The molecule has 0 unspecified atom stereocenters. The van der Waals surface area contributed by atoms with Gasteiger partial charge < -0.3 is 15.4 Å². The lowest BCUT2D eigenvalue weighted by Gasteiger charge is -2.34. The molecule has 0 saturated carbocycles. The molecule has 2 heterocycles. The molecule has 2 atom stereocenters. The van der Waals surface area contributed by atoms with Gasteiger partial charge in [-0.1, -0.05) is 30.3 Å². The molecule has 2 N–H and O–H groups in total. The van der Waals surface area contributed by atoms with Gasteiger partial charge in [-0.2, -0.15) is 17.9 Å². The zero-order chi connectivity index (χ0) is 23.4. The Labute approximate surface area is 190 Å². The number of alkyl halides is 3. The van der Waals surface area contributed by atoms with Crippen molar-refractivity contribution in [2.75, 3.05) is 6.54 Å². The van der Waals surface area contributed by atoms with Crippen LogP contribution < -0.4 is 15.4 Å². The minimum Gasteiger partial charge on any atom is -0.491 e. The number of nitrogens with zero attached hydrogens (tertiary/aromatic N) is 4. The second-order valence-corrected chi connectivity index (χ2v) is 8.34. The Hall–Kier alpha value is -2.98. The van der Waals surface area contributed by atoms with E-state index in [1.807, 2.05) is 32.0 Å². The minimum absolute atomic E-state index is 0.0817. The Kier molecular flexibility index (Phi) is 6.94. The molecule has 3 aromatic rings. The smallest absolute Gasteiger partial charge is 0.453 e. The normalized spacial score (nSPS) is 19.1. The van der Waals surface area contributed by atoms with Gasteiger partial charge in [0, 0.05) is 24.2 Å². The topological polar surface area (TPSA) is 76.9 Å². The quantitative estimate of drug-likeness (QED) is 0.554. The summed E-state index contributed by atoms with van der Waals surface area (Å²) in [5.74, 6) is -0.553. The highest BCUT2D eigenvalue weighted by molar-refractivity contribution is 5.44. The van der Waals surface area contributed by atoms with Crippen molar-refractivity contribution in [2.45, 2.75) is 57.6 Å². The maximum atomic E-state index is 13.3. The second-order valence-electron chi connectivity index (χ2n) is 8.34. The van der Waals surface area contributed by atoms with Crippen molar-refractivity contribution in [3.05, 3.63) is 65.5 Å². The summed E-state index contributed by atoms with van der Waals surface area (Å²) in [7, 11) is 0. The lowest BCUT2D eigenvalue weighted by atomic mass is 9.92. The lowest BCUT2D eigenvalue weighted by Crippen LogP contribution is -2.45. The standard InChI is InChI=1S/C23H27F3N6O/c1-15(2)33-20-11-10-18(32-22(23(24,25)26)29-30-31-32)13-17(20)14-28-19-9-6-12-27-21(19)16-7-4-3-5-8-16/h3-5,7-8,10-11,13,15,19,21,27-28H,6,9,12,14H2,1-2H3/t19-,21-/m0/s1. The van der Waals surface area contributed by atoms with Crippen LogP contribution in [-0.2, 0) is 12.7 Å². The number of tetrazole rings is 1. The number of ether oxygens (including phenoxy) is 1. The number of hydrogen-bond donors (Lipinski definition) is 2. The van der Waals surface area contributed by atoms with Crippen molar-refractivity contribution in [3.63, 3.8) is 0 Å². The number of benzene rings is 2. The molecule has 10 heteroatoms. The van der Waals surface area contributed by atoms with E-state index in [9.17, 15) is 13.2 Å². The summed E-state index contributed by atoms with van der Waals surface area (Å²) in [5.41, 5.74) is 2.16. The van der Waals surface area contributed by atoms with Crippen LogP contribution in [0.2, 0.25) is 0 Å². The van der Waals surface area contributed by atoms with Gasteiger partial charge in [-0.3, -0.25) is 0 Å². The van der Waals surface area contributed by atoms with Crippen LogP contribution >= 0.6 is 0 Å². The molecule has 1 fully saturated rings. The van der Waals surface area contributed by atoms with E-state index in [4.69, 9.17) is 4.74 Å². The summed E-state index contributed by atoms with van der Waals surface area (Å²) in [6.45, 7) is 5.18. The van der Waals surface area contributed by atoms with E-state index < -0.39 is 12.0 Å². The zero-order valence-electron chi connectivity index (χ0n) is 18.5. The monoisotopic (exact) mass is 460 g/mol. The molecule has 0 aliphatic carbocycles. The van der Waals surface area contributed by atoms with Gasteiger partial charge in [-0.05, 0) is 67.4 Å². The summed E-state index contributed by atoms with van der Waals surface area (Å²) >= 11 is 0. The number of aromatic nitrogens is 4. The van der Waals surface area contributed by atoms with E-state index in [2.05, 4.69) is 38.3 Å². The molecule has 2 aromatic carbocycles. The van der Waals surface area contributed by atoms with Gasteiger partial charge in [0.1, 0.15) is 5.75 Å². The fourth-order valence-corrected chi connectivity index (χ4v) is 4.10. The Balaban J connectivity index is 1.60. The highest BCUT2D eigenvalue weighted by Gasteiger charge is 2.38. The van der Waals surface area contributed by atoms with Gasteiger partial charge in [-0.25, -0.2) is 0 Å². The molecule has 176 valence electrons. The highest BCUT2D eigenvalue weighted by Crippen LogP contribution is 2.31. The first kappa shape index (κ1) is 23.2. The number of halogens is 3. The molecule has 0 amide bonds. The summed E-state index contributed by atoms with van der Waals surface area (Å²) in [4.78, 5) is 0. The van der Waals surface area contributed by atoms with Gasteiger partial charge >= 0.3 is 6.18 Å². The van der Waals surface area contributed by atoms with Crippen molar-refractivity contribution in [1.82, 2.24) is 30.8 Å². The fourth-order valence-electron chi connectivity index (χ4n) is 4.10. The van der Waals surface area contributed by atoms with E-state index in [-0.39, 0.29) is 23.9 Å². The SMILES string of the molecule is CC(C)Oc1ccc(-n2nnnc2C(F)(F)F)cc1CN[C@H]1CCCN[C@H]1c1ccccc1. The number of nitrogens with one attached hydrogen (secondary N) is 2. The van der Waals surface area contributed by atoms with E-state index >= 15 is 0 Å². The van der Waals surface area contributed by atoms with Crippen molar-refractivity contribution in [1.29, 1.82) is 0 Å². The maximum absolute atomic E-state index is 13.3. The zero-order valence-corrected chi connectivity index (χ0v) is 18.5. The summed E-state index contributed by atoms with van der Waals surface area (Å²) in [6, 6.07) is 15.4. The first-order valence-electron chi connectivity index (χ1n) is 11.0. The van der Waals surface area contributed by atoms with E-state index in [0.717, 1.165) is 24.9 Å². The molecule has 0 spiro atoms. The van der Waals surface area contributed by atoms with Gasteiger partial charge in [0.2, 0.25) is 0 Å². The third-order valence-electron chi connectivity index (χ3n) is 5.55. The van der Waals surface area contributed by atoms with E-state index in [1.165, 1.54) is 11.6 Å². The summed E-state index contributed by atoms with van der Waals surface area (Å²) < 4.78 is 46.6. The number of rotatable bonds is 7. The molecule has 7 nitrogen and oxygen atoms in total. The van der Waals surface area contributed by atoms with Crippen molar-refractivity contribution >= 4 is 0 Å². The predicted molar refractivity (Wildman–Crippen MR) is 117 cm³/mol. The Morgan fingerprint density at radius 3 is 2.70 bits per heavy atom. The average Bonchev–Trinajstić information content (AvgIpc) is 3.30. The van der Waals surface area contributed by atoms with Crippen molar-refractivity contribution in [2.24, 2.45) is 0 Å². The van der Waals surface area contributed by atoms with Crippen molar-refractivity contribution in [3.8, 4) is 11.4 Å². The molecule has 33 heavy (non-hydrogen) atoms. The van der Waals surface area contributed by atoms with Gasteiger partial charge in [0.05, 0.1) is 11.8 Å². The highest BCUT2D eigenvalue weighted by atomic mass is 19.4. The summed E-state index contributed by atoms with van der Waals surface area (Å²) in [5, 5.41) is 17.1. The van der Waals surface area contributed by atoms with Crippen LogP contribution in [0.4, 0.5) is 13.2 Å². The van der Waals surface area contributed by atoms with Crippen LogP contribution in [0.1, 0.15) is 49.7 Å². The first-order valence-corrected chi connectivity index (χ1v) is 11.0. The fraction of sp³-hybridized carbons (Fsp3) is 0.435. The van der Waals surface area contributed by atoms with E-state index in [0.29, 0.717) is 17.0 Å². The first-order chi connectivity index (χ1) is 15.8. The molecule has 4 rings (SSSR count). The Bertz CT molecular complexity index is 1050. The molecule has 1 aliphatic heterocycles. The number of piperidine rings is 1. The average molecular weight is 461 g/mol. The molecule has 1 aromatic heterocycles. The second kappa shape index (κ2) is 9.88. The third kappa shape index (κ3) is 5.51. The Morgan fingerprint density at radius 1 is 1.18 bits per heavy atom. The Morgan fingerprint density at radius 2 is 1.97 bits per heavy atom. The van der Waals surface area contributed by atoms with Crippen LogP contribution in [-0.4, -0.2) is 38.9 Å². The summed E-state index contributed by atoms with van der Waals surface area (Å²) in [6.07, 6.45) is -2.72. The number of hydrogen-bond acceptors (Lipinski definition) is 6. The van der Waals surface area contributed by atoms with Gasteiger partial charge in [-0.15, -0.1) is 5.10 Å². The van der Waals surface area contributed by atoms with E-state index in [1.54, 1.807) is 12.1 Å².